The highest BCUT2D eigenvalue weighted by Gasteiger charge is 2.40. The lowest BCUT2D eigenvalue weighted by Gasteiger charge is -2.20. The Morgan fingerprint density at radius 2 is 1.88 bits per heavy atom. The molecule has 1 fully saturated rings. The van der Waals surface area contributed by atoms with Gasteiger partial charge in [-0.05, 0) is 57.2 Å². The summed E-state index contributed by atoms with van der Waals surface area (Å²) in [4.78, 5) is 11.5. The lowest BCUT2D eigenvalue weighted by Crippen LogP contribution is -2.25. The fraction of sp³-hybridized carbons (Fsp3) is 0.577. The number of unbranched alkanes of at least 4 members (excludes halogenated alkanes) is 1. The summed E-state index contributed by atoms with van der Waals surface area (Å²) in [6.45, 7) is 2.80. The molecule has 0 heterocycles. The van der Waals surface area contributed by atoms with Crippen LogP contribution in [0.4, 0.5) is 8.78 Å². The number of carbonyl (C=O) groups is 1. The molecule has 33 heavy (non-hydrogen) atoms. The lowest BCUT2D eigenvalue weighted by molar-refractivity contribution is -0.147. The van der Waals surface area contributed by atoms with E-state index in [0.717, 1.165) is 6.08 Å². The second-order valence-electron chi connectivity index (χ2n) is 8.47. The summed E-state index contributed by atoms with van der Waals surface area (Å²) in [5.74, 6) is -4.00. The van der Waals surface area contributed by atoms with Crippen LogP contribution in [-0.4, -0.2) is 47.0 Å². The van der Waals surface area contributed by atoms with Gasteiger partial charge in [0.2, 0.25) is 0 Å². The third kappa shape index (κ3) is 10.5. The van der Waals surface area contributed by atoms with Gasteiger partial charge in [0, 0.05) is 18.8 Å². The van der Waals surface area contributed by atoms with Gasteiger partial charge in [-0.3, -0.25) is 4.79 Å². The van der Waals surface area contributed by atoms with Crippen molar-refractivity contribution in [3.05, 3.63) is 54.6 Å². The van der Waals surface area contributed by atoms with Crippen LogP contribution in [-0.2, 0) is 9.53 Å². The van der Waals surface area contributed by atoms with Crippen LogP contribution in [0.15, 0.2) is 54.6 Å². The van der Waals surface area contributed by atoms with Crippen molar-refractivity contribution in [2.75, 3.05) is 6.61 Å². The Morgan fingerprint density at radius 1 is 1.18 bits per heavy atom. The summed E-state index contributed by atoms with van der Waals surface area (Å²) in [7, 11) is 0. The van der Waals surface area contributed by atoms with Gasteiger partial charge in [-0.15, -0.1) is 0 Å². The fourth-order valence-electron chi connectivity index (χ4n) is 3.76. The van der Waals surface area contributed by atoms with Crippen molar-refractivity contribution in [2.45, 2.75) is 77.6 Å². The molecule has 0 spiro atoms. The van der Waals surface area contributed by atoms with Gasteiger partial charge < -0.3 is 19.7 Å². The van der Waals surface area contributed by atoms with Gasteiger partial charge in [0.25, 0.3) is 5.92 Å². The van der Waals surface area contributed by atoms with E-state index in [1.165, 1.54) is 6.08 Å². The zero-order chi connectivity index (χ0) is 23.6. The molecule has 0 aromatic heterocycles. The number of alkyl halides is 2. The smallest absolute Gasteiger partial charge is 0.306 e. The van der Waals surface area contributed by atoms with Crippen LogP contribution in [0.3, 0.4) is 0 Å². The number of aliphatic hydroxyl groups excluding tert-OH is 2. The normalized spacial score (nSPS) is 23.2. The number of ether oxygens (including phenoxy) is 2. The highest BCUT2D eigenvalue weighted by atomic mass is 19.3. The molecule has 2 rings (SSSR count). The Morgan fingerprint density at radius 3 is 2.55 bits per heavy atom. The van der Waals surface area contributed by atoms with Crippen LogP contribution in [0.25, 0.3) is 0 Å². The van der Waals surface area contributed by atoms with Crippen LogP contribution < -0.4 is 4.74 Å². The van der Waals surface area contributed by atoms with E-state index in [4.69, 9.17) is 9.47 Å². The van der Waals surface area contributed by atoms with E-state index in [1.807, 2.05) is 12.2 Å². The van der Waals surface area contributed by atoms with Crippen molar-refractivity contribution >= 4 is 5.97 Å². The molecule has 1 aromatic rings. The number of hydrogen-bond acceptors (Lipinski definition) is 5. The molecule has 1 saturated carbocycles. The molecule has 0 unspecified atom stereocenters. The summed E-state index contributed by atoms with van der Waals surface area (Å²) in [5.41, 5.74) is 0. The van der Waals surface area contributed by atoms with Crippen LogP contribution >= 0.6 is 0 Å². The second-order valence-corrected chi connectivity index (χ2v) is 8.47. The predicted molar refractivity (Wildman–Crippen MR) is 125 cm³/mol. The number of carbonyl (C=O) groups excluding carboxylic acids is 1. The molecule has 1 aromatic carbocycles. The molecule has 1 aliphatic rings. The standard InChI is InChI=1S/C25H34F2O5.CH4/c1-18(2)32-24(30)13-9-4-3-8-12-20-21(23(29)16-22(20)28)14-15-25(26,27)17-31-19-10-6-5-7-11-19;/h3,5-8,10-11,14-15,18,20-23,28-29H,4,9,12-13,16-17H2,1-2H3;1H4/b8-3-,15-14+;/t20-,21-,22+,23-;/m1./s1. The Kier molecular flexibility index (Phi) is 12.3. The summed E-state index contributed by atoms with van der Waals surface area (Å²) < 4.78 is 38.7. The number of aliphatic hydroxyl groups is 2. The molecule has 0 radical (unpaired) electrons. The van der Waals surface area contributed by atoms with E-state index in [0.29, 0.717) is 31.4 Å². The monoisotopic (exact) mass is 468 g/mol. The van der Waals surface area contributed by atoms with Crippen molar-refractivity contribution in [2.24, 2.45) is 11.8 Å². The van der Waals surface area contributed by atoms with Gasteiger partial charge in [0.1, 0.15) is 5.75 Å². The van der Waals surface area contributed by atoms with Gasteiger partial charge >= 0.3 is 5.97 Å². The molecule has 0 bridgehead atoms. The Labute approximate surface area is 196 Å². The van der Waals surface area contributed by atoms with E-state index in [-0.39, 0.29) is 31.8 Å². The highest BCUT2D eigenvalue weighted by Crippen LogP contribution is 2.37. The second kappa shape index (κ2) is 14.1. The van der Waals surface area contributed by atoms with Crippen molar-refractivity contribution in [1.29, 1.82) is 0 Å². The van der Waals surface area contributed by atoms with E-state index in [2.05, 4.69) is 0 Å². The molecule has 0 amide bonds. The quantitative estimate of drug-likeness (QED) is 0.247. The molecule has 5 nitrogen and oxygen atoms in total. The highest BCUT2D eigenvalue weighted by molar-refractivity contribution is 5.69. The molecule has 186 valence electrons. The van der Waals surface area contributed by atoms with E-state index >= 15 is 0 Å². The van der Waals surface area contributed by atoms with Crippen LogP contribution in [0, 0.1) is 11.8 Å². The minimum Gasteiger partial charge on any atom is -0.487 e. The topological polar surface area (TPSA) is 76.0 Å². The first-order valence-corrected chi connectivity index (χ1v) is 11.1. The number of halogens is 2. The molecule has 4 atom stereocenters. The molecule has 0 saturated heterocycles. The van der Waals surface area contributed by atoms with Crippen LogP contribution in [0.1, 0.15) is 53.4 Å². The van der Waals surface area contributed by atoms with E-state index in [9.17, 15) is 23.8 Å². The first-order valence-electron chi connectivity index (χ1n) is 11.1. The fourth-order valence-corrected chi connectivity index (χ4v) is 3.76. The average molecular weight is 469 g/mol. The van der Waals surface area contributed by atoms with Crippen molar-refractivity contribution in [1.82, 2.24) is 0 Å². The molecule has 1 aliphatic carbocycles. The van der Waals surface area contributed by atoms with Gasteiger partial charge in [0.05, 0.1) is 18.3 Å². The first-order chi connectivity index (χ1) is 15.2. The van der Waals surface area contributed by atoms with E-state index < -0.39 is 30.7 Å². The van der Waals surface area contributed by atoms with Crippen molar-refractivity contribution in [3.8, 4) is 5.75 Å². The molecule has 7 heteroatoms. The first kappa shape index (κ1) is 28.8. The van der Waals surface area contributed by atoms with Crippen molar-refractivity contribution in [3.63, 3.8) is 0 Å². The zero-order valence-electron chi connectivity index (χ0n) is 18.7. The number of hydrogen-bond donors (Lipinski definition) is 2. The number of rotatable bonds is 12. The van der Waals surface area contributed by atoms with Gasteiger partial charge in [0.15, 0.2) is 6.61 Å². The lowest BCUT2D eigenvalue weighted by atomic mass is 9.89. The summed E-state index contributed by atoms with van der Waals surface area (Å²) in [6.07, 6.45) is 6.33. The average Bonchev–Trinajstić information content (AvgIpc) is 3.00. The number of para-hydroxylation sites is 1. The molecular formula is C26H38F2O5. The summed E-state index contributed by atoms with van der Waals surface area (Å²) >= 11 is 0. The minimum absolute atomic E-state index is 0. The third-order valence-corrected chi connectivity index (χ3v) is 5.35. The maximum atomic E-state index is 14.2. The summed E-state index contributed by atoms with van der Waals surface area (Å²) in [5, 5.41) is 20.5. The maximum Gasteiger partial charge on any atom is 0.306 e. The van der Waals surface area contributed by atoms with Crippen LogP contribution in [0.5, 0.6) is 5.75 Å². The predicted octanol–water partition coefficient (Wildman–Crippen LogP) is 5.32. The number of allylic oxidation sites excluding steroid dienone is 2. The van der Waals surface area contributed by atoms with Gasteiger partial charge in [-0.25, -0.2) is 0 Å². The van der Waals surface area contributed by atoms with Crippen LogP contribution in [0.2, 0.25) is 0 Å². The van der Waals surface area contributed by atoms with Gasteiger partial charge in [-0.2, -0.15) is 8.78 Å². The number of benzene rings is 1. The molecular weight excluding hydrogens is 430 g/mol. The molecule has 0 aliphatic heterocycles. The van der Waals surface area contributed by atoms with Crippen molar-refractivity contribution < 1.29 is 33.3 Å². The zero-order valence-corrected chi connectivity index (χ0v) is 18.7. The van der Waals surface area contributed by atoms with E-state index in [1.54, 1.807) is 44.2 Å². The Balaban J connectivity index is 0.00000544. The summed E-state index contributed by atoms with van der Waals surface area (Å²) in [6, 6.07) is 8.39. The van der Waals surface area contributed by atoms with Gasteiger partial charge in [-0.1, -0.05) is 43.9 Å². The third-order valence-electron chi connectivity index (χ3n) is 5.35. The molecule has 2 N–H and O–H groups in total. The SMILES string of the molecule is C.CC(C)OC(=O)CCC/C=C\C[C@@H]1[C@@H](/C=C/C(F)(F)COc2ccccc2)[C@H](O)C[C@@H]1O. The minimum atomic E-state index is -3.20. The largest absolute Gasteiger partial charge is 0.487 e. The Bertz CT molecular complexity index is 748. The Hall–Kier alpha value is -2.25. The maximum absolute atomic E-state index is 14.2. The number of esters is 1.